The molecule has 2 aliphatic rings. The largest absolute Gasteiger partial charge is 0.367 e. The van der Waals surface area contributed by atoms with Gasteiger partial charge in [-0.25, -0.2) is 0 Å². The fourth-order valence-corrected chi connectivity index (χ4v) is 3.90. The second-order valence-electron chi connectivity index (χ2n) is 6.75. The van der Waals surface area contributed by atoms with Gasteiger partial charge in [-0.15, -0.1) is 0 Å². The van der Waals surface area contributed by atoms with Crippen LogP contribution in [-0.4, -0.2) is 22.3 Å². The van der Waals surface area contributed by atoms with Crippen LogP contribution < -0.4 is 5.73 Å². The Balaban J connectivity index is 1.73. The smallest absolute Gasteiger partial charge is 0.228 e. The van der Waals surface area contributed by atoms with Crippen LogP contribution >= 0.6 is 0 Å². The number of hydrogen-bond acceptors (Lipinski definition) is 5. The van der Waals surface area contributed by atoms with Crippen molar-refractivity contribution in [1.29, 1.82) is 0 Å². The molecule has 0 atom stereocenters. The SMILES string of the molecule is CCOC1(c2noc(CC3(N)CCCCC3)n2)CCCC1. The molecule has 0 unspecified atom stereocenters. The molecule has 2 aliphatic carbocycles. The Labute approximate surface area is 126 Å². The van der Waals surface area contributed by atoms with Crippen molar-refractivity contribution in [3.8, 4) is 0 Å². The minimum atomic E-state index is -0.315. The van der Waals surface area contributed by atoms with Gasteiger partial charge in [0.2, 0.25) is 11.7 Å². The lowest BCUT2D eigenvalue weighted by Crippen LogP contribution is -2.43. The fourth-order valence-electron chi connectivity index (χ4n) is 3.90. The first-order chi connectivity index (χ1) is 10.2. The lowest BCUT2D eigenvalue weighted by Gasteiger charge is -2.32. The number of ether oxygens (including phenoxy) is 1. The summed E-state index contributed by atoms with van der Waals surface area (Å²) in [7, 11) is 0. The van der Waals surface area contributed by atoms with Crippen LogP contribution in [0.1, 0.15) is 76.4 Å². The Morgan fingerprint density at radius 3 is 2.43 bits per heavy atom. The maximum Gasteiger partial charge on any atom is 0.228 e. The normalized spacial score (nSPS) is 24.3. The molecule has 0 radical (unpaired) electrons. The number of nitrogens with zero attached hydrogens (tertiary/aromatic N) is 2. The second kappa shape index (κ2) is 6.05. The lowest BCUT2D eigenvalue weighted by atomic mass is 9.80. The molecule has 2 N–H and O–H groups in total. The lowest BCUT2D eigenvalue weighted by molar-refractivity contribution is -0.0469. The first-order valence-corrected chi connectivity index (χ1v) is 8.42. The highest BCUT2D eigenvalue weighted by Gasteiger charge is 2.41. The Bertz CT molecular complexity index is 460. The standard InChI is InChI=1S/C16H27N3O2/c1-2-20-16(10-6-7-11-16)14-18-13(21-19-14)12-15(17)8-4-3-5-9-15/h2-12,17H2,1H3. The van der Waals surface area contributed by atoms with Crippen LogP contribution in [0.25, 0.3) is 0 Å². The van der Waals surface area contributed by atoms with Gasteiger partial charge in [-0.1, -0.05) is 24.4 Å². The van der Waals surface area contributed by atoms with Crippen molar-refractivity contribution in [1.82, 2.24) is 10.1 Å². The van der Waals surface area contributed by atoms with Crippen molar-refractivity contribution < 1.29 is 9.26 Å². The van der Waals surface area contributed by atoms with E-state index in [2.05, 4.69) is 10.1 Å². The van der Waals surface area contributed by atoms with E-state index in [0.29, 0.717) is 18.9 Å². The summed E-state index contributed by atoms with van der Waals surface area (Å²) in [6, 6.07) is 0. The molecule has 0 saturated heterocycles. The molecule has 118 valence electrons. The zero-order valence-electron chi connectivity index (χ0n) is 13.1. The molecule has 21 heavy (non-hydrogen) atoms. The number of hydrogen-bond donors (Lipinski definition) is 1. The number of nitrogens with two attached hydrogens (primary N) is 1. The Morgan fingerprint density at radius 1 is 1.10 bits per heavy atom. The second-order valence-corrected chi connectivity index (χ2v) is 6.75. The third-order valence-corrected chi connectivity index (χ3v) is 5.06. The minimum Gasteiger partial charge on any atom is -0.367 e. The summed E-state index contributed by atoms with van der Waals surface area (Å²) in [5.41, 5.74) is 6.02. The predicted molar refractivity (Wildman–Crippen MR) is 79.8 cm³/mol. The first-order valence-electron chi connectivity index (χ1n) is 8.42. The molecule has 5 nitrogen and oxygen atoms in total. The van der Waals surface area contributed by atoms with Gasteiger partial charge in [0, 0.05) is 18.6 Å². The van der Waals surface area contributed by atoms with Crippen LogP contribution in [0.2, 0.25) is 0 Å². The van der Waals surface area contributed by atoms with Gasteiger partial charge in [-0.3, -0.25) is 0 Å². The molecule has 2 fully saturated rings. The average molecular weight is 293 g/mol. The maximum absolute atomic E-state index is 6.49. The van der Waals surface area contributed by atoms with E-state index in [1.165, 1.54) is 32.1 Å². The summed E-state index contributed by atoms with van der Waals surface area (Å²) < 4.78 is 11.5. The van der Waals surface area contributed by atoms with Crippen LogP contribution in [0.5, 0.6) is 0 Å². The van der Waals surface area contributed by atoms with Gasteiger partial charge in [0.1, 0.15) is 5.60 Å². The van der Waals surface area contributed by atoms with Crippen LogP contribution in [0, 0.1) is 0 Å². The first kappa shape index (κ1) is 15.0. The van der Waals surface area contributed by atoms with Gasteiger partial charge in [0.25, 0.3) is 0 Å². The van der Waals surface area contributed by atoms with Gasteiger partial charge < -0.3 is 15.0 Å². The average Bonchev–Trinajstić information content (AvgIpc) is 3.10. The molecular weight excluding hydrogens is 266 g/mol. The summed E-state index contributed by atoms with van der Waals surface area (Å²) in [4.78, 5) is 4.64. The van der Waals surface area contributed by atoms with Crippen LogP contribution in [-0.2, 0) is 16.8 Å². The highest BCUT2D eigenvalue weighted by molar-refractivity contribution is 5.06. The van der Waals surface area contributed by atoms with Gasteiger partial charge >= 0.3 is 0 Å². The highest BCUT2D eigenvalue weighted by atomic mass is 16.5. The zero-order chi connectivity index (χ0) is 14.8. The van der Waals surface area contributed by atoms with Crippen LogP contribution in [0.15, 0.2) is 4.52 Å². The molecule has 1 heterocycles. The Hall–Kier alpha value is -0.940. The van der Waals surface area contributed by atoms with Gasteiger partial charge in [-0.05, 0) is 45.4 Å². The Morgan fingerprint density at radius 2 is 1.76 bits per heavy atom. The van der Waals surface area contributed by atoms with Crippen molar-refractivity contribution in [2.24, 2.45) is 5.73 Å². The van der Waals surface area contributed by atoms with Crippen molar-refractivity contribution in [2.75, 3.05) is 6.61 Å². The third-order valence-electron chi connectivity index (χ3n) is 5.06. The molecule has 1 aromatic rings. The van der Waals surface area contributed by atoms with Crippen molar-refractivity contribution in [2.45, 2.75) is 82.3 Å². The van der Waals surface area contributed by atoms with E-state index in [1.54, 1.807) is 0 Å². The molecule has 1 aromatic heterocycles. The number of rotatable bonds is 5. The summed E-state index contributed by atoms with van der Waals surface area (Å²) in [5, 5.41) is 4.22. The van der Waals surface area contributed by atoms with E-state index in [9.17, 15) is 0 Å². The summed E-state index contributed by atoms with van der Waals surface area (Å²) in [6.45, 7) is 2.71. The molecule has 0 aliphatic heterocycles. The summed E-state index contributed by atoms with van der Waals surface area (Å²) in [5.74, 6) is 1.41. The zero-order valence-corrected chi connectivity index (χ0v) is 13.1. The maximum atomic E-state index is 6.49. The van der Waals surface area contributed by atoms with Crippen molar-refractivity contribution >= 4 is 0 Å². The molecule has 0 amide bonds. The molecule has 0 aromatic carbocycles. The summed E-state index contributed by atoms with van der Waals surface area (Å²) in [6.07, 6.45) is 10.9. The van der Waals surface area contributed by atoms with E-state index in [-0.39, 0.29) is 11.1 Å². The predicted octanol–water partition coefficient (Wildman–Crippen LogP) is 3.08. The van der Waals surface area contributed by atoms with E-state index in [0.717, 1.165) is 31.5 Å². The quantitative estimate of drug-likeness (QED) is 0.903. The molecular formula is C16H27N3O2. The highest BCUT2D eigenvalue weighted by Crippen LogP contribution is 2.41. The van der Waals surface area contributed by atoms with E-state index >= 15 is 0 Å². The topological polar surface area (TPSA) is 74.2 Å². The van der Waals surface area contributed by atoms with Crippen LogP contribution in [0.3, 0.4) is 0 Å². The monoisotopic (exact) mass is 293 g/mol. The van der Waals surface area contributed by atoms with Gasteiger partial charge in [0.15, 0.2) is 0 Å². The van der Waals surface area contributed by atoms with E-state index in [1.807, 2.05) is 6.92 Å². The summed E-state index contributed by atoms with van der Waals surface area (Å²) >= 11 is 0. The van der Waals surface area contributed by atoms with Crippen molar-refractivity contribution in [3.63, 3.8) is 0 Å². The Kier molecular flexibility index (Phi) is 4.31. The van der Waals surface area contributed by atoms with Crippen LogP contribution in [0.4, 0.5) is 0 Å². The molecule has 2 saturated carbocycles. The van der Waals surface area contributed by atoms with E-state index < -0.39 is 0 Å². The minimum absolute atomic E-state index is 0.156. The van der Waals surface area contributed by atoms with Gasteiger partial charge in [0.05, 0.1) is 0 Å². The third kappa shape index (κ3) is 3.14. The number of aromatic nitrogens is 2. The molecule has 0 spiro atoms. The van der Waals surface area contributed by atoms with Gasteiger partial charge in [-0.2, -0.15) is 4.98 Å². The molecule has 0 bridgehead atoms. The molecule has 5 heteroatoms. The van der Waals surface area contributed by atoms with E-state index in [4.69, 9.17) is 15.0 Å². The molecule has 3 rings (SSSR count). The van der Waals surface area contributed by atoms with Crippen molar-refractivity contribution in [3.05, 3.63) is 11.7 Å². The fraction of sp³-hybridized carbons (Fsp3) is 0.875.